The van der Waals surface area contributed by atoms with E-state index in [1.807, 2.05) is 39.1 Å². The number of aryl methyl sites for hydroxylation is 2. The molecule has 1 aliphatic rings. The van der Waals surface area contributed by atoms with E-state index in [4.69, 9.17) is 0 Å². The van der Waals surface area contributed by atoms with E-state index in [1.165, 1.54) is 6.42 Å². The van der Waals surface area contributed by atoms with E-state index in [0.29, 0.717) is 5.52 Å². The number of nitrogens with zero attached hydrogens (tertiary/aromatic N) is 5. The molecule has 1 saturated heterocycles. The largest absolute Gasteiger partial charge is 0.341 e. The normalized spacial score (nSPS) is 14.8. The standard InChI is InChI=1S/C22H26FN5/c1-6-17(18-12-24-22(25-14(18)4)27-8-7-9-27)16-10-19(23)21-20(11-16)28(13(2)3)15(5)26-21/h6,10-13H,7-9H2,1-5H3/b17-6-. The molecule has 0 atom stereocenters. The van der Waals surface area contributed by atoms with Crippen LogP contribution in [-0.4, -0.2) is 32.6 Å². The second kappa shape index (κ2) is 7.00. The van der Waals surface area contributed by atoms with Crippen LogP contribution in [0.15, 0.2) is 24.4 Å². The molecule has 1 fully saturated rings. The Balaban J connectivity index is 1.82. The first-order valence-corrected chi connectivity index (χ1v) is 9.84. The molecule has 0 bridgehead atoms. The summed E-state index contributed by atoms with van der Waals surface area (Å²) in [5.74, 6) is 1.30. The lowest BCUT2D eigenvalue weighted by atomic mass is 9.97. The first-order valence-electron chi connectivity index (χ1n) is 9.84. The highest BCUT2D eigenvalue weighted by molar-refractivity contribution is 5.87. The zero-order chi connectivity index (χ0) is 20.0. The van der Waals surface area contributed by atoms with Crippen molar-refractivity contribution in [1.29, 1.82) is 0 Å². The molecule has 1 aliphatic heterocycles. The average Bonchev–Trinajstić information content (AvgIpc) is 2.92. The van der Waals surface area contributed by atoms with Gasteiger partial charge in [0.15, 0.2) is 5.82 Å². The first-order chi connectivity index (χ1) is 13.4. The molecule has 3 heterocycles. The third-order valence-electron chi connectivity index (χ3n) is 5.44. The van der Waals surface area contributed by atoms with Crippen molar-refractivity contribution in [3.05, 3.63) is 52.9 Å². The predicted molar refractivity (Wildman–Crippen MR) is 111 cm³/mol. The second-order valence-corrected chi connectivity index (χ2v) is 7.66. The number of hydrogen-bond acceptors (Lipinski definition) is 4. The lowest BCUT2D eigenvalue weighted by Crippen LogP contribution is -2.38. The zero-order valence-electron chi connectivity index (χ0n) is 17.1. The van der Waals surface area contributed by atoms with Crippen LogP contribution < -0.4 is 4.90 Å². The molecule has 2 aromatic heterocycles. The lowest BCUT2D eigenvalue weighted by Gasteiger charge is -2.31. The number of hydrogen-bond donors (Lipinski definition) is 0. The fourth-order valence-corrected chi connectivity index (χ4v) is 3.94. The van der Waals surface area contributed by atoms with Crippen LogP contribution in [-0.2, 0) is 0 Å². The van der Waals surface area contributed by atoms with Crippen LogP contribution in [0.2, 0.25) is 0 Å². The summed E-state index contributed by atoms with van der Waals surface area (Å²) < 4.78 is 17.0. The molecule has 1 aromatic carbocycles. The average molecular weight is 379 g/mol. The Hall–Kier alpha value is -2.76. The maximum atomic E-state index is 14.9. The number of anilines is 1. The molecule has 0 aliphatic carbocycles. The van der Waals surface area contributed by atoms with Gasteiger partial charge in [0.05, 0.1) is 11.2 Å². The monoisotopic (exact) mass is 379 g/mol. The summed E-state index contributed by atoms with van der Waals surface area (Å²) in [6, 6.07) is 3.79. The van der Waals surface area contributed by atoms with Crippen LogP contribution >= 0.6 is 0 Å². The minimum atomic E-state index is -0.301. The van der Waals surface area contributed by atoms with Gasteiger partial charge in [-0.2, -0.15) is 0 Å². The third kappa shape index (κ3) is 2.97. The van der Waals surface area contributed by atoms with Crippen molar-refractivity contribution >= 4 is 22.6 Å². The van der Waals surface area contributed by atoms with Gasteiger partial charge in [0.25, 0.3) is 0 Å². The topological polar surface area (TPSA) is 46.8 Å². The molecule has 0 amide bonds. The van der Waals surface area contributed by atoms with E-state index in [1.54, 1.807) is 6.07 Å². The van der Waals surface area contributed by atoms with Crippen molar-refractivity contribution in [2.75, 3.05) is 18.0 Å². The Morgan fingerprint density at radius 2 is 1.93 bits per heavy atom. The molecule has 146 valence electrons. The van der Waals surface area contributed by atoms with E-state index in [0.717, 1.165) is 52.8 Å². The summed E-state index contributed by atoms with van der Waals surface area (Å²) in [7, 11) is 0. The number of benzene rings is 1. The van der Waals surface area contributed by atoms with E-state index in [-0.39, 0.29) is 11.9 Å². The summed E-state index contributed by atoms with van der Waals surface area (Å²) >= 11 is 0. The SMILES string of the molecule is C/C=C(/c1cc(F)c2nc(C)n(C(C)C)c2c1)c1cnc(N2CCC2)nc1C. The molecular formula is C22H26FN5. The zero-order valence-corrected chi connectivity index (χ0v) is 17.1. The predicted octanol–water partition coefficient (Wildman–Crippen LogP) is 4.82. The fraction of sp³-hybridized carbons (Fsp3) is 0.409. The van der Waals surface area contributed by atoms with Crippen LogP contribution in [0.5, 0.6) is 0 Å². The van der Waals surface area contributed by atoms with Crippen molar-refractivity contribution in [3.8, 4) is 0 Å². The molecular weight excluding hydrogens is 353 g/mol. The second-order valence-electron chi connectivity index (χ2n) is 7.66. The molecule has 0 N–H and O–H groups in total. The number of imidazole rings is 1. The van der Waals surface area contributed by atoms with Crippen LogP contribution in [0.3, 0.4) is 0 Å². The lowest BCUT2D eigenvalue weighted by molar-refractivity contribution is 0.599. The van der Waals surface area contributed by atoms with Gasteiger partial charge < -0.3 is 9.47 Å². The molecule has 5 nitrogen and oxygen atoms in total. The van der Waals surface area contributed by atoms with Crippen molar-refractivity contribution in [1.82, 2.24) is 19.5 Å². The minimum Gasteiger partial charge on any atom is -0.341 e. The quantitative estimate of drug-likeness (QED) is 0.652. The highest BCUT2D eigenvalue weighted by Crippen LogP contribution is 2.31. The van der Waals surface area contributed by atoms with E-state index in [2.05, 4.69) is 38.3 Å². The van der Waals surface area contributed by atoms with E-state index < -0.39 is 0 Å². The molecule has 0 radical (unpaired) electrons. The van der Waals surface area contributed by atoms with Crippen molar-refractivity contribution in [2.24, 2.45) is 0 Å². The Morgan fingerprint density at radius 3 is 2.50 bits per heavy atom. The van der Waals surface area contributed by atoms with Crippen molar-refractivity contribution in [2.45, 2.75) is 47.1 Å². The Bertz CT molecular complexity index is 1080. The third-order valence-corrected chi connectivity index (χ3v) is 5.44. The van der Waals surface area contributed by atoms with Gasteiger partial charge in [-0.05, 0) is 64.3 Å². The summed E-state index contributed by atoms with van der Waals surface area (Å²) in [6.45, 7) is 12.1. The number of halogens is 1. The van der Waals surface area contributed by atoms with Crippen molar-refractivity contribution < 1.29 is 4.39 Å². The number of fused-ring (bicyclic) bond motifs is 1. The first kappa shape index (κ1) is 18.6. The highest BCUT2D eigenvalue weighted by atomic mass is 19.1. The maximum absolute atomic E-state index is 14.9. The molecule has 0 unspecified atom stereocenters. The number of rotatable bonds is 4. The van der Waals surface area contributed by atoms with Gasteiger partial charge in [0, 0.05) is 30.9 Å². The maximum Gasteiger partial charge on any atom is 0.225 e. The minimum absolute atomic E-state index is 0.203. The van der Waals surface area contributed by atoms with Gasteiger partial charge in [-0.3, -0.25) is 0 Å². The Labute approximate surface area is 164 Å². The van der Waals surface area contributed by atoms with Gasteiger partial charge in [-0.15, -0.1) is 0 Å². The van der Waals surface area contributed by atoms with Crippen LogP contribution in [0.1, 0.15) is 55.9 Å². The number of aromatic nitrogens is 4. The molecule has 6 heteroatoms. The van der Waals surface area contributed by atoms with Crippen LogP contribution in [0, 0.1) is 19.7 Å². The van der Waals surface area contributed by atoms with Gasteiger partial charge in [0.1, 0.15) is 11.3 Å². The van der Waals surface area contributed by atoms with Gasteiger partial charge in [-0.25, -0.2) is 19.3 Å². The molecule has 0 saturated carbocycles. The van der Waals surface area contributed by atoms with Crippen LogP contribution in [0.4, 0.5) is 10.3 Å². The molecule has 0 spiro atoms. The number of allylic oxidation sites excluding steroid dienone is 1. The van der Waals surface area contributed by atoms with Gasteiger partial charge >= 0.3 is 0 Å². The van der Waals surface area contributed by atoms with Crippen LogP contribution in [0.25, 0.3) is 16.6 Å². The summed E-state index contributed by atoms with van der Waals surface area (Å²) in [4.78, 5) is 15.8. The Morgan fingerprint density at radius 1 is 1.18 bits per heavy atom. The smallest absolute Gasteiger partial charge is 0.225 e. The fourth-order valence-electron chi connectivity index (χ4n) is 3.94. The summed E-state index contributed by atoms with van der Waals surface area (Å²) in [5, 5.41) is 0. The summed E-state index contributed by atoms with van der Waals surface area (Å²) in [5.41, 5.74) is 4.82. The van der Waals surface area contributed by atoms with Gasteiger partial charge in [0.2, 0.25) is 5.95 Å². The van der Waals surface area contributed by atoms with E-state index >= 15 is 0 Å². The summed E-state index contributed by atoms with van der Waals surface area (Å²) in [6.07, 6.45) is 5.05. The Kier molecular flexibility index (Phi) is 4.65. The van der Waals surface area contributed by atoms with Crippen molar-refractivity contribution in [3.63, 3.8) is 0 Å². The molecule has 3 aromatic rings. The highest BCUT2D eigenvalue weighted by Gasteiger charge is 2.20. The van der Waals surface area contributed by atoms with E-state index in [9.17, 15) is 4.39 Å². The molecule has 4 rings (SSSR count). The molecule has 28 heavy (non-hydrogen) atoms. The van der Waals surface area contributed by atoms with Gasteiger partial charge in [-0.1, -0.05) is 6.08 Å².